The molecule has 22 heavy (non-hydrogen) atoms. The maximum Gasteiger partial charge on any atom is 0.238 e. The van der Waals surface area contributed by atoms with Crippen molar-refractivity contribution in [3.05, 3.63) is 64.1 Å². The van der Waals surface area contributed by atoms with Crippen LogP contribution >= 0.6 is 15.9 Å². The van der Waals surface area contributed by atoms with Gasteiger partial charge in [0.05, 0.1) is 12.2 Å². The Morgan fingerprint density at radius 1 is 1.23 bits per heavy atom. The van der Waals surface area contributed by atoms with E-state index in [1.165, 1.54) is 12.1 Å². The molecule has 0 bridgehead atoms. The van der Waals surface area contributed by atoms with Crippen LogP contribution in [0.25, 0.3) is 0 Å². The number of hydrogen-bond acceptors (Lipinski definition) is 2. The lowest BCUT2D eigenvalue weighted by Crippen LogP contribution is -2.30. The van der Waals surface area contributed by atoms with Gasteiger partial charge >= 0.3 is 0 Å². The highest BCUT2D eigenvalue weighted by Crippen LogP contribution is 2.21. The Labute approximate surface area is 135 Å². The number of carbonyl (C=O) groups excluding carboxylic acids is 1. The van der Waals surface area contributed by atoms with Crippen LogP contribution in [0, 0.1) is 11.6 Å². The Balaban J connectivity index is 1.92. The second-order valence-corrected chi connectivity index (χ2v) is 5.65. The van der Waals surface area contributed by atoms with E-state index in [4.69, 9.17) is 0 Å². The second-order valence-electron chi connectivity index (χ2n) is 4.80. The number of amides is 1. The first-order valence-corrected chi connectivity index (χ1v) is 7.49. The molecule has 0 saturated carbocycles. The summed E-state index contributed by atoms with van der Waals surface area (Å²) in [6, 6.07) is 10.2. The second kappa shape index (κ2) is 7.47. The molecule has 0 unspecified atom stereocenters. The monoisotopic (exact) mass is 368 g/mol. The first-order valence-electron chi connectivity index (χ1n) is 6.70. The Morgan fingerprint density at radius 3 is 2.64 bits per heavy atom. The van der Waals surface area contributed by atoms with E-state index in [1.54, 1.807) is 13.0 Å². The van der Waals surface area contributed by atoms with Gasteiger partial charge < -0.3 is 10.6 Å². The Hall–Kier alpha value is -1.79. The average Bonchev–Trinajstić information content (AvgIpc) is 2.47. The van der Waals surface area contributed by atoms with E-state index >= 15 is 0 Å². The highest BCUT2D eigenvalue weighted by molar-refractivity contribution is 9.10. The van der Waals surface area contributed by atoms with Crippen molar-refractivity contribution in [2.24, 2.45) is 0 Å². The SMILES string of the molecule is C[C@H](NCC(=O)Nc1ccccc1Br)c1ccc(F)cc1F. The molecule has 0 aliphatic heterocycles. The Kier molecular flexibility index (Phi) is 5.63. The molecule has 0 saturated heterocycles. The summed E-state index contributed by atoms with van der Waals surface area (Å²) in [6.07, 6.45) is 0. The molecule has 0 aliphatic rings. The number of halogens is 3. The molecule has 0 aromatic heterocycles. The van der Waals surface area contributed by atoms with Crippen LogP contribution in [0.1, 0.15) is 18.5 Å². The molecule has 1 atom stereocenters. The zero-order chi connectivity index (χ0) is 16.1. The number of rotatable bonds is 5. The summed E-state index contributed by atoms with van der Waals surface area (Å²) in [6.45, 7) is 1.72. The Morgan fingerprint density at radius 2 is 1.95 bits per heavy atom. The van der Waals surface area contributed by atoms with Gasteiger partial charge in [-0.25, -0.2) is 8.78 Å². The molecule has 6 heteroatoms. The molecule has 0 aliphatic carbocycles. The first kappa shape index (κ1) is 16.6. The van der Waals surface area contributed by atoms with E-state index in [1.807, 2.05) is 18.2 Å². The lowest BCUT2D eigenvalue weighted by atomic mass is 10.1. The fraction of sp³-hybridized carbons (Fsp3) is 0.188. The number of anilines is 1. The van der Waals surface area contributed by atoms with Gasteiger partial charge in [0.15, 0.2) is 0 Å². The third-order valence-electron chi connectivity index (χ3n) is 3.15. The molecule has 2 aromatic carbocycles. The highest BCUT2D eigenvalue weighted by atomic mass is 79.9. The molecule has 0 radical (unpaired) electrons. The summed E-state index contributed by atoms with van der Waals surface area (Å²) in [5.41, 5.74) is 0.977. The van der Waals surface area contributed by atoms with Gasteiger partial charge in [0, 0.05) is 22.1 Å². The van der Waals surface area contributed by atoms with Crippen LogP contribution in [-0.2, 0) is 4.79 Å². The van der Waals surface area contributed by atoms with E-state index in [9.17, 15) is 13.6 Å². The lowest BCUT2D eigenvalue weighted by molar-refractivity contribution is -0.115. The lowest BCUT2D eigenvalue weighted by Gasteiger charge is -2.15. The van der Waals surface area contributed by atoms with Crippen LogP contribution in [0.3, 0.4) is 0 Å². The van der Waals surface area contributed by atoms with Crippen LogP contribution < -0.4 is 10.6 Å². The molecule has 0 heterocycles. The van der Waals surface area contributed by atoms with Crippen molar-refractivity contribution in [1.82, 2.24) is 5.32 Å². The first-order chi connectivity index (χ1) is 10.5. The smallest absolute Gasteiger partial charge is 0.238 e. The van der Waals surface area contributed by atoms with E-state index < -0.39 is 17.7 Å². The topological polar surface area (TPSA) is 41.1 Å². The van der Waals surface area contributed by atoms with Gasteiger partial charge in [0.1, 0.15) is 11.6 Å². The molecule has 116 valence electrons. The molecule has 0 spiro atoms. The summed E-state index contributed by atoms with van der Waals surface area (Å²) in [4.78, 5) is 11.9. The van der Waals surface area contributed by atoms with Crippen molar-refractivity contribution < 1.29 is 13.6 Å². The predicted octanol–water partition coefficient (Wildman–Crippen LogP) is 4.02. The van der Waals surface area contributed by atoms with Crippen molar-refractivity contribution in [1.29, 1.82) is 0 Å². The van der Waals surface area contributed by atoms with Crippen molar-refractivity contribution in [2.75, 3.05) is 11.9 Å². The summed E-state index contributed by atoms with van der Waals surface area (Å²) in [5, 5.41) is 5.65. The minimum absolute atomic E-state index is 0.0132. The number of carbonyl (C=O) groups is 1. The van der Waals surface area contributed by atoms with Gasteiger partial charge in [0.25, 0.3) is 0 Å². The van der Waals surface area contributed by atoms with Crippen molar-refractivity contribution in [3.63, 3.8) is 0 Å². The fourth-order valence-corrected chi connectivity index (χ4v) is 2.35. The van der Waals surface area contributed by atoms with E-state index in [2.05, 4.69) is 26.6 Å². The molecule has 3 nitrogen and oxygen atoms in total. The van der Waals surface area contributed by atoms with Gasteiger partial charge in [-0.1, -0.05) is 18.2 Å². The maximum absolute atomic E-state index is 13.6. The van der Waals surface area contributed by atoms with E-state index in [0.717, 1.165) is 10.5 Å². The van der Waals surface area contributed by atoms with Crippen LogP contribution in [0.2, 0.25) is 0 Å². The number of hydrogen-bond donors (Lipinski definition) is 2. The molecule has 0 fully saturated rings. The summed E-state index contributed by atoms with van der Waals surface area (Å²) >= 11 is 3.34. The average molecular weight is 369 g/mol. The quantitative estimate of drug-likeness (QED) is 0.836. The van der Waals surface area contributed by atoms with Gasteiger partial charge in [-0.15, -0.1) is 0 Å². The van der Waals surface area contributed by atoms with Crippen LogP contribution in [0.15, 0.2) is 46.9 Å². The number of benzene rings is 2. The number of nitrogens with one attached hydrogen (secondary N) is 2. The van der Waals surface area contributed by atoms with Crippen molar-refractivity contribution in [3.8, 4) is 0 Å². The molecule has 2 rings (SSSR count). The Bertz CT molecular complexity index is 679. The summed E-state index contributed by atoms with van der Waals surface area (Å²) < 4.78 is 27.3. The van der Waals surface area contributed by atoms with Crippen LogP contribution in [0.5, 0.6) is 0 Å². The van der Waals surface area contributed by atoms with Crippen molar-refractivity contribution in [2.45, 2.75) is 13.0 Å². The van der Waals surface area contributed by atoms with E-state index in [0.29, 0.717) is 11.3 Å². The highest BCUT2D eigenvalue weighted by Gasteiger charge is 2.13. The third-order valence-corrected chi connectivity index (χ3v) is 3.84. The van der Waals surface area contributed by atoms with Gasteiger partial charge in [-0.3, -0.25) is 4.79 Å². The molecule has 1 amide bonds. The van der Waals surface area contributed by atoms with Gasteiger partial charge in [0.2, 0.25) is 5.91 Å². The minimum Gasteiger partial charge on any atom is -0.324 e. The molecular formula is C16H15BrF2N2O. The zero-order valence-electron chi connectivity index (χ0n) is 11.9. The van der Waals surface area contributed by atoms with Gasteiger partial charge in [-0.2, -0.15) is 0 Å². The van der Waals surface area contributed by atoms with E-state index in [-0.39, 0.29) is 12.5 Å². The largest absolute Gasteiger partial charge is 0.324 e. The molecule has 2 aromatic rings. The summed E-state index contributed by atoms with van der Waals surface area (Å²) in [5.74, 6) is -1.51. The van der Waals surface area contributed by atoms with Gasteiger partial charge in [-0.05, 0) is 41.1 Å². The van der Waals surface area contributed by atoms with Crippen LogP contribution in [0.4, 0.5) is 14.5 Å². The van der Waals surface area contributed by atoms with Crippen molar-refractivity contribution >= 4 is 27.5 Å². The van der Waals surface area contributed by atoms with Crippen LogP contribution in [-0.4, -0.2) is 12.5 Å². The molecular weight excluding hydrogens is 354 g/mol. The fourth-order valence-electron chi connectivity index (χ4n) is 1.97. The zero-order valence-corrected chi connectivity index (χ0v) is 13.5. The normalized spacial score (nSPS) is 12.0. The predicted molar refractivity (Wildman–Crippen MR) is 85.5 cm³/mol. The standard InChI is InChI=1S/C16H15BrF2N2O/c1-10(12-7-6-11(18)8-14(12)19)20-9-16(22)21-15-5-3-2-4-13(15)17/h2-8,10,20H,9H2,1H3,(H,21,22)/t10-/m0/s1. The molecule has 2 N–H and O–H groups in total. The summed E-state index contributed by atoms with van der Waals surface area (Å²) in [7, 11) is 0. The minimum atomic E-state index is -0.633. The maximum atomic E-state index is 13.6. The number of para-hydroxylation sites is 1. The third kappa shape index (κ3) is 4.35.